The van der Waals surface area contributed by atoms with Gasteiger partial charge in [0.05, 0.1) is 6.10 Å². The van der Waals surface area contributed by atoms with Gasteiger partial charge in [0.1, 0.15) is 0 Å². The second kappa shape index (κ2) is 6.17. The van der Waals surface area contributed by atoms with Crippen molar-refractivity contribution in [1.29, 1.82) is 0 Å². The van der Waals surface area contributed by atoms with Crippen LogP contribution in [0.3, 0.4) is 0 Å². The van der Waals surface area contributed by atoms with Crippen molar-refractivity contribution in [1.82, 2.24) is 0 Å². The molecule has 0 fully saturated rings. The van der Waals surface area contributed by atoms with Gasteiger partial charge in [-0.2, -0.15) is 0 Å². The Bertz CT molecular complexity index is 635. The number of halogens is 2. The smallest absolute Gasteiger partial charge is 0.0833 e. The summed E-state index contributed by atoms with van der Waals surface area (Å²) < 4.78 is 0. The normalized spacial score (nSPS) is 12.5. The zero-order chi connectivity index (χ0) is 14.9. The molecule has 0 aromatic heterocycles. The van der Waals surface area contributed by atoms with E-state index in [2.05, 4.69) is 26.0 Å². The van der Waals surface area contributed by atoms with E-state index in [1.807, 2.05) is 13.0 Å². The average molecular weight is 309 g/mol. The summed E-state index contributed by atoms with van der Waals surface area (Å²) in [5.74, 6) is 0. The molecule has 0 saturated heterocycles. The highest BCUT2D eigenvalue weighted by Gasteiger charge is 2.14. The van der Waals surface area contributed by atoms with Gasteiger partial charge >= 0.3 is 0 Å². The van der Waals surface area contributed by atoms with Crippen molar-refractivity contribution in [3.63, 3.8) is 0 Å². The first-order chi connectivity index (χ1) is 9.38. The Hall–Kier alpha value is -1.02. The minimum Gasteiger partial charge on any atom is -0.388 e. The third-order valence-electron chi connectivity index (χ3n) is 3.67. The SMILES string of the molecule is Cc1cc(C)c(C(O)Cc2ccc(Cl)cc2Cl)cc1C. The molecule has 0 aliphatic rings. The first kappa shape index (κ1) is 15.4. The van der Waals surface area contributed by atoms with E-state index in [0.29, 0.717) is 16.5 Å². The summed E-state index contributed by atoms with van der Waals surface area (Å²) in [7, 11) is 0. The van der Waals surface area contributed by atoms with Crippen LogP contribution >= 0.6 is 23.2 Å². The standard InChI is InChI=1S/C17H18Cl2O/c1-10-6-12(3)15(7-11(10)2)17(20)8-13-4-5-14(18)9-16(13)19/h4-7,9,17,20H,8H2,1-3H3. The number of hydrogen-bond acceptors (Lipinski definition) is 1. The third-order valence-corrected chi connectivity index (χ3v) is 4.26. The Kier molecular flexibility index (Phi) is 4.74. The number of aliphatic hydroxyl groups excluding tert-OH is 1. The molecule has 0 aliphatic carbocycles. The van der Waals surface area contributed by atoms with Crippen molar-refractivity contribution in [3.05, 3.63) is 68.2 Å². The summed E-state index contributed by atoms with van der Waals surface area (Å²) >= 11 is 12.0. The Labute approximate surface area is 130 Å². The van der Waals surface area contributed by atoms with E-state index in [1.54, 1.807) is 12.1 Å². The highest BCUT2D eigenvalue weighted by Crippen LogP contribution is 2.28. The van der Waals surface area contributed by atoms with Gasteiger partial charge in [-0.15, -0.1) is 0 Å². The first-order valence-corrected chi connectivity index (χ1v) is 7.34. The minimum absolute atomic E-state index is 0.485. The van der Waals surface area contributed by atoms with Crippen molar-refractivity contribution in [2.24, 2.45) is 0 Å². The molecule has 20 heavy (non-hydrogen) atoms. The molecule has 0 aliphatic heterocycles. The highest BCUT2D eigenvalue weighted by atomic mass is 35.5. The van der Waals surface area contributed by atoms with Gasteiger partial charge in [-0.05, 0) is 60.7 Å². The van der Waals surface area contributed by atoms with E-state index in [0.717, 1.165) is 16.7 Å². The second-order valence-electron chi connectivity index (χ2n) is 5.25. The fraction of sp³-hybridized carbons (Fsp3) is 0.294. The van der Waals surface area contributed by atoms with Crippen LogP contribution in [0.2, 0.25) is 10.0 Å². The molecule has 0 saturated carbocycles. The zero-order valence-corrected chi connectivity index (χ0v) is 13.4. The van der Waals surface area contributed by atoms with Gasteiger partial charge < -0.3 is 5.11 Å². The maximum Gasteiger partial charge on any atom is 0.0833 e. The van der Waals surface area contributed by atoms with Crippen molar-refractivity contribution in [2.45, 2.75) is 33.3 Å². The van der Waals surface area contributed by atoms with Crippen LogP contribution in [0.5, 0.6) is 0 Å². The molecular weight excluding hydrogens is 291 g/mol. The minimum atomic E-state index is -0.562. The maximum atomic E-state index is 10.5. The Morgan fingerprint density at radius 1 is 0.950 bits per heavy atom. The van der Waals surface area contributed by atoms with Crippen molar-refractivity contribution < 1.29 is 5.11 Å². The average Bonchev–Trinajstić information content (AvgIpc) is 2.37. The predicted molar refractivity (Wildman–Crippen MR) is 85.8 cm³/mol. The molecule has 0 radical (unpaired) electrons. The highest BCUT2D eigenvalue weighted by molar-refractivity contribution is 6.35. The van der Waals surface area contributed by atoms with Gasteiger partial charge in [-0.3, -0.25) is 0 Å². The van der Waals surface area contributed by atoms with Crippen LogP contribution in [-0.2, 0) is 6.42 Å². The van der Waals surface area contributed by atoms with Crippen LogP contribution in [0.4, 0.5) is 0 Å². The van der Waals surface area contributed by atoms with Crippen LogP contribution in [-0.4, -0.2) is 5.11 Å². The molecule has 0 amide bonds. The van der Waals surface area contributed by atoms with Crippen molar-refractivity contribution in [3.8, 4) is 0 Å². The lowest BCUT2D eigenvalue weighted by atomic mass is 9.94. The first-order valence-electron chi connectivity index (χ1n) is 6.58. The number of rotatable bonds is 3. The predicted octanol–water partition coefficient (Wildman–Crippen LogP) is 5.19. The quantitative estimate of drug-likeness (QED) is 0.826. The molecule has 0 spiro atoms. The van der Waals surface area contributed by atoms with Crippen LogP contribution in [0.25, 0.3) is 0 Å². The van der Waals surface area contributed by atoms with E-state index in [-0.39, 0.29) is 0 Å². The van der Waals surface area contributed by atoms with Crippen molar-refractivity contribution >= 4 is 23.2 Å². The lowest BCUT2D eigenvalue weighted by molar-refractivity contribution is 0.177. The molecule has 0 bridgehead atoms. The van der Waals surface area contributed by atoms with Gasteiger partial charge in [0.2, 0.25) is 0 Å². The number of aliphatic hydroxyl groups is 1. The van der Waals surface area contributed by atoms with Crippen LogP contribution in [0.1, 0.15) is 33.9 Å². The lowest BCUT2D eigenvalue weighted by Gasteiger charge is -2.17. The molecule has 3 heteroatoms. The molecule has 1 N–H and O–H groups in total. The van der Waals surface area contributed by atoms with Gasteiger partial charge in [-0.25, -0.2) is 0 Å². The molecule has 106 valence electrons. The largest absolute Gasteiger partial charge is 0.388 e. The summed E-state index contributed by atoms with van der Waals surface area (Å²) in [6.45, 7) is 6.16. The van der Waals surface area contributed by atoms with E-state index >= 15 is 0 Å². The number of benzene rings is 2. The van der Waals surface area contributed by atoms with Crippen LogP contribution in [0.15, 0.2) is 30.3 Å². The summed E-state index contributed by atoms with van der Waals surface area (Å²) in [6, 6.07) is 9.53. The molecule has 2 aromatic carbocycles. The summed E-state index contributed by atoms with van der Waals surface area (Å²) in [4.78, 5) is 0. The fourth-order valence-electron chi connectivity index (χ4n) is 2.35. The molecule has 1 nitrogen and oxygen atoms in total. The second-order valence-corrected chi connectivity index (χ2v) is 6.09. The van der Waals surface area contributed by atoms with Crippen LogP contribution in [0, 0.1) is 20.8 Å². The van der Waals surface area contributed by atoms with E-state index in [4.69, 9.17) is 23.2 Å². The Balaban J connectivity index is 2.28. The van der Waals surface area contributed by atoms with Gasteiger partial charge in [-0.1, -0.05) is 41.4 Å². The van der Waals surface area contributed by atoms with E-state index < -0.39 is 6.10 Å². The lowest BCUT2D eigenvalue weighted by Crippen LogP contribution is -2.05. The molecule has 2 rings (SSSR count). The fourth-order valence-corrected chi connectivity index (χ4v) is 2.83. The zero-order valence-electron chi connectivity index (χ0n) is 11.9. The molecule has 0 heterocycles. The van der Waals surface area contributed by atoms with Crippen LogP contribution < -0.4 is 0 Å². The van der Waals surface area contributed by atoms with Gasteiger partial charge in [0.25, 0.3) is 0 Å². The third kappa shape index (κ3) is 3.35. The van der Waals surface area contributed by atoms with Crippen molar-refractivity contribution in [2.75, 3.05) is 0 Å². The summed E-state index contributed by atoms with van der Waals surface area (Å²) in [6.07, 6.45) is -0.0766. The Morgan fingerprint density at radius 2 is 1.60 bits per heavy atom. The Morgan fingerprint density at radius 3 is 2.25 bits per heavy atom. The molecular formula is C17H18Cl2O. The monoisotopic (exact) mass is 308 g/mol. The topological polar surface area (TPSA) is 20.2 Å². The summed E-state index contributed by atoms with van der Waals surface area (Å²) in [5.41, 5.74) is 5.39. The van der Waals surface area contributed by atoms with E-state index in [1.165, 1.54) is 11.1 Å². The molecule has 1 unspecified atom stereocenters. The number of hydrogen-bond donors (Lipinski definition) is 1. The van der Waals surface area contributed by atoms with E-state index in [9.17, 15) is 5.11 Å². The summed E-state index contributed by atoms with van der Waals surface area (Å²) in [5, 5.41) is 11.7. The number of aryl methyl sites for hydroxylation is 3. The molecule has 1 atom stereocenters. The van der Waals surface area contributed by atoms with Gasteiger partial charge in [0.15, 0.2) is 0 Å². The van der Waals surface area contributed by atoms with Gasteiger partial charge in [0, 0.05) is 16.5 Å². The maximum absolute atomic E-state index is 10.5. The molecule has 2 aromatic rings.